The van der Waals surface area contributed by atoms with Gasteiger partial charge in [-0.2, -0.15) is 0 Å². The van der Waals surface area contributed by atoms with E-state index in [0.717, 1.165) is 55.1 Å². The highest BCUT2D eigenvalue weighted by Gasteiger charge is 2.65. The molecule has 3 heterocycles. The van der Waals surface area contributed by atoms with Gasteiger partial charge in [0.15, 0.2) is 0 Å². The van der Waals surface area contributed by atoms with Crippen LogP contribution in [0.25, 0.3) is 0 Å². The van der Waals surface area contributed by atoms with Crippen LogP contribution in [0.1, 0.15) is 31.7 Å². The molecule has 5 heteroatoms. The first-order chi connectivity index (χ1) is 13.1. The lowest BCUT2D eigenvalue weighted by molar-refractivity contribution is -0.137. The van der Waals surface area contributed by atoms with Gasteiger partial charge >= 0.3 is 5.97 Å². The van der Waals surface area contributed by atoms with Gasteiger partial charge in [0.05, 0.1) is 25.2 Å². The third-order valence-electron chi connectivity index (χ3n) is 7.27. The average molecular weight is 366 g/mol. The van der Waals surface area contributed by atoms with E-state index in [4.69, 9.17) is 9.47 Å². The number of nitrogens with zero attached hydrogens (tertiary/aromatic N) is 1. The zero-order valence-corrected chi connectivity index (χ0v) is 16.2. The molecule has 3 atom stereocenters. The van der Waals surface area contributed by atoms with Gasteiger partial charge in [0, 0.05) is 42.0 Å². The van der Waals surface area contributed by atoms with E-state index in [1.807, 2.05) is 6.07 Å². The van der Waals surface area contributed by atoms with Crippen LogP contribution in [-0.4, -0.2) is 44.2 Å². The predicted molar refractivity (Wildman–Crippen MR) is 104 cm³/mol. The number of anilines is 1. The summed E-state index contributed by atoms with van der Waals surface area (Å²) >= 11 is 0. The van der Waals surface area contributed by atoms with Crippen molar-refractivity contribution >= 4 is 11.7 Å². The number of nitrogens with one attached hydrogen (secondary N) is 1. The Morgan fingerprint density at radius 1 is 1.37 bits per heavy atom. The maximum atomic E-state index is 12.8. The molecule has 0 bridgehead atoms. The highest BCUT2D eigenvalue weighted by molar-refractivity contribution is 5.93. The largest absolute Gasteiger partial charge is 0.497 e. The van der Waals surface area contributed by atoms with E-state index >= 15 is 0 Å². The molecule has 1 spiro atoms. The molecular formula is C22H26N2O3. The van der Waals surface area contributed by atoms with E-state index in [9.17, 15) is 4.79 Å². The van der Waals surface area contributed by atoms with Gasteiger partial charge in [-0.05, 0) is 30.9 Å². The summed E-state index contributed by atoms with van der Waals surface area (Å²) in [6, 6.07) is 6.65. The Kier molecular flexibility index (Phi) is 3.51. The summed E-state index contributed by atoms with van der Waals surface area (Å²) < 4.78 is 10.7. The van der Waals surface area contributed by atoms with E-state index < -0.39 is 0 Å². The van der Waals surface area contributed by atoms with Crippen molar-refractivity contribution in [1.29, 1.82) is 0 Å². The summed E-state index contributed by atoms with van der Waals surface area (Å²) in [5, 5.41) is 3.62. The maximum absolute atomic E-state index is 12.8. The first kappa shape index (κ1) is 16.9. The summed E-state index contributed by atoms with van der Waals surface area (Å²) in [6.45, 7) is 4.28. The molecule has 5 rings (SSSR count). The molecule has 5 nitrogen and oxygen atoms in total. The number of methoxy groups -OCH3 is 2. The van der Waals surface area contributed by atoms with E-state index in [0.29, 0.717) is 6.04 Å². The summed E-state index contributed by atoms with van der Waals surface area (Å²) in [4.78, 5) is 15.4. The molecule has 1 fully saturated rings. The first-order valence-corrected chi connectivity index (χ1v) is 9.79. The zero-order chi connectivity index (χ0) is 18.8. The van der Waals surface area contributed by atoms with Gasteiger partial charge in [-0.25, -0.2) is 4.79 Å². The van der Waals surface area contributed by atoms with Gasteiger partial charge in [0.25, 0.3) is 0 Å². The van der Waals surface area contributed by atoms with E-state index in [1.54, 1.807) is 7.11 Å². The number of fused-ring (bicyclic) bond motifs is 1. The molecule has 142 valence electrons. The molecule has 27 heavy (non-hydrogen) atoms. The van der Waals surface area contributed by atoms with Gasteiger partial charge in [-0.15, -0.1) is 0 Å². The molecule has 1 aliphatic carbocycles. The van der Waals surface area contributed by atoms with Crippen LogP contribution in [0.3, 0.4) is 0 Å². The van der Waals surface area contributed by atoms with Crippen LogP contribution in [0.2, 0.25) is 0 Å². The third-order valence-corrected chi connectivity index (χ3v) is 7.27. The Labute approximate surface area is 160 Å². The smallest absolute Gasteiger partial charge is 0.335 e. The number of rotatable bonds is 3. The second-order valence-corrected chi connectivity index (χ2v) is 8.17. The fourth-order valence-electron chi connectivity index (χ4n) is 6.18. The van der Waals surface area contributed by atoms with Gasteiger partial charge in [0.2, 0.25) is 0 Å². The third kappa shape index (κ3) is 1.95. The van der Waals surface area contributed by atoms with Crippen LogP contribution in [-0.2, 0) is 14.9 Å². The van der Waals surface area contributed by atoms with Crippen LogP contribution in [0.15, 0.2) is 41.6 Å². The Morgan fingerprint density at radius 3 is 2.96 bits per heavy atom. The summed E-state index contributed by atoms with van der Waals surface area (Å²) in [5.41, 5.74) is 4.01. The molecule has 1 aromatic carbocycles. The number of hydrogen-bond acceptors (Lipinski definition) is 5. The van der Waals surface area contributed by atoms with Crippen LogP contribution in [0.4, 0.5) is 5.69 Å². The van der Waals surface area contributed by atoms with Gasteiger partial charge in [-0.1, -0.05) is 25.1 Å². The highest BCUT2D eigenvalue weighted by Crippen LogP contribution is 2.64. The Hall–Kier alpha value is -2.27. The number of esters is 1. The summed E-state index contributed by atoms with van der Waals surface area (Å²) in [5.74, 6) is 0.622. The molecule has 1 aromatic rings. The number of ether oxygens (including phenoxy) is 2. The molecular weight excluding hydrogens is 340 g/mol. The average Bonchev–Trinajstić information content (AvgIpc) is 3.26. The van der Waals surface area contributed by atoms with Crippen LogP contribution < -0.4 is 10.1 Å². The minimum atomic E-state index is -0.208. The quantitative estimate of drug-likeness (QED) is 0.657. The van der Waals surface area contributed by atoms with E-state index in [1.165, 1.54) is 12.7 Å². The molecule has 0 aromatic heterocycles. The van der Waals surface area contributed by atoms with Gasteiger partial charge in [-0.3, -0.25) is 4.90 Å². The lowest BCUT2D eigenvalue weighted by atomic mass is 9.55. The Bertz CT molecular complexity index is 890. The molecule has 4 aliphatic rings. The van der Waals surface area contributed by atoms with Crippen molar-refractivity contribution in [3.05, 3.63) is 47.2 Å². The number of carbonyl (C=O) groups is 1. The number of benzene rings is 1. The molecule has 3 aliphatic heterocycles. The second kappa shape index (κ2) is 5.61. The fourth-order valence-corrected chi connectivity index (χ4v) is 6.18. The molecule has 1 saturated heterocycles. The fraction of sp³-hybridized carbons (Fsp3) is 0.500. The van der Waals surface area contributed by atoms with Crippen molar-refractivity contribution in [2.75, 3.05) is 32.6 Å². The SMILES string of the molecule is CC[C@]12C=CCN3CC[C@@]4(C(=C(C(=O)OC)C1)Nc1cc(OC)ccc14)[C@@H]32. The van der Waals surface area contributed by atoms with Gasteiger partial charge in [0.1, 0.15) is 5.75 Å². The second-order valence-electron chi connectivity index (χ2n) is 8.17. The van der Waals surface area contributed by atoms with E-state index in [-0.39, 0.29) is 16.8 Å². The molecule has 0 amide bonds. The molecule has 0 unspecified atom stereocenters. The standard InChI is InChI=1S/C22H26N2O3/c1-4-21-8-5-10-24-11-9-22(20(21)24)16-7-6-14(26-2)12-17(16)23-18(22)15(13-21)19(25)27-3/h5-8,12,20,23H,4,9-11,13H2,1-3H3/t20-,21-,22+/m0/s1. The molecule has 0 radical (unpaired) electrons. The van der Waals surface area contributed by atoms with Crippen molar-refractivity contribution < 1.29 is 14.3 Å². The summed E-state index contributed by atoms with van der Waals surface area (Å²) in [6.07, 6.45) is 7.41. The summed E-state index contributed by atoms with van der Waals surface area (Å²) in [7, 11) is 3.17. The van der Waals surface area contributed by atoms with Crippen molar-refractivity contribution in [3.63, 3.8) is 0 Å². The lowest BCUT2D eigenvalue weighted by Crippen LogP contribution is -2.58. The number of hydrogen-bond donors (Lipinski definition) is 1. The molecule has 0 saturated carbocycles. The van der Waals surface area contributed by atoms with Crippen molar-refractivity contribution in [2.24, 2.45) is 5.41 Å². The van der Waals surface area contributed by atoms with Crippen LogP contribution in [0, 0.1) is 5.41 Å². The van der Waals surface area contributed by atoms with Crippen molar-refractivity contribution in [2.45, 2.75) is 37.6 Å². The highest BCUT2D eigenvalue weighted by atomic mass is 16.5. The first-order valence-electron chi connectivity index (χ1n) is 9.79. The minimum absolute atomic E-state index is 0.0367. The maximum Gasteiger partial charge on any atom is 0.335 e. The van der Waals surface area contributed by atoms with Crippen LogP contribution in [0.5, 0.6) is 5.75 Å². The number of carbonyl (C=O) groups excluding carboxylic acids is 1. The minimum Gasteiger partial charge on any atom is -0.497 e. The van der Waals surface area contributed by atoms with Crippen molar-refractivity contribution in [1.82, 2.24) is 4.90 Å². The molecule has 1 N–H and O–H groups in total. The topological polar surface area (TPSA) is 50.8 Å². The Balaban J connectivity index is 1.80. The lowest BCUT2D eigenvalue weighted by Gasteiger charge is -2.53. The predicted octanol–water partition coefficient (Wildman–Crippen LogP) is 3.23. The normalized spacial score (nSPS) is 33.2. The van der Waals surface area contributed by atoms with Crippen molar-refractivity contribution in [3.8, 4) is 5.75 Å². The van der Waals surface area contributed by atoms with Crippen LogP contribution >= 0.6 is 0 Å². The van der Waals surface area contributed by atoms with E-state index in [2.05, 4.69) is 41.4 Å². The van der Waals surface area contributed by atoms with Gasteiger partial charge < -0.3 is 14.8 Å². The Morgan fingerprint density at radius 2 is 2.22 bits per heavy atom. The zero-order valence-electron chi connectivity index (χ0n) is 16.2. The monoisotopic (exact) mass is 366 g/mol.